The smallest absolute Gasteiger partial charge is 0.325 e. The Kier molecular flexibility index (Phi) is 8.92. The van der Waals surface area contributed by atoms with E-state index in [4.69, 9.17) is 0 Å². The summed E-state index contributed by atoms with van der Waals surface area (Å²) in [5.74, 6) is -1.87. The number of aryl methyl sites for hydroxylation is 2. The van der Waals surface area contributed by atoms with Gasteiger partial charge in [-0.15, -0.1) is 0 Å². The van der Waals surface area contributed by atoms with E-state index in [9.17, 15) is 27.6 Å². The number of amides is 2. The van der Waals surface area contributed by atoms with E-state index in [2.05, 4.69) is 23.3 Å². The Bertz CT molecular complexity index is 1210. The van der Waals surface area contributed by atoms with Crippen molar-refractivity contribution in [2.75, 3.05) is 22.5 Å². The van der Waals surface area contributed by atoms with Crippen LogP contribution in [0.25, 0.3) is 5.69 Å². The number of fused-ring (bicyclic) bond motifs is 1. The number of benzene rings is 2. The Hall–Kier alpha value is -3.60. The molecule has 7 nitrogen and oxygen atoms in total. The van der Waals surface area contributed by atoms with Gasteiger partial charge in [0.15, 0.2) is 0 Å². The zero-order valence-corrected chi connectivity index (χ0v) is 20.5. The fourth-order valence-corrected chi connectivity index (χ4v) is 4.12. The first-order valence-electron chi connectivity index (χ1n) is 11.0. The Morgan fingerprint density at radius 1 is 1.11 bits per heavy atom. The number of ketones is 1. The largest absolute Gasteiger partial charge is 0.449 e. The fraction of sp³-hybridized carbons (Fsp3) is 0.280. The Morgan fingerprint density at radius 2 is 1.81 bits per heavy atom. The molecule has 0 bridgehead atoms. The maximum absolute atomic E-state index is 12.7. The van der Waals surface area contributed by atoms with Crippen molar-refractivity contribution in [1.82, 2.24) is 9.55 Å². The first-order chi connectivity index (χ1) is 17.0. The molecule has 11 heteroatoms. The van der Waals surface area contributed by atoms with Crippen LogP contribution in [0.5, 0.6) is 0 Å². The highest BCUT2D eigenvalue weighted by atomic mass is 32.2. The second-order valence-electron chi connectivity index (χ2n) is 8.06. The van der Waals surface area contributed by atoms with Gasteiger partial charge in [-0.1, -0.05) is 29.5 Å². The summed E-state index contributed by atoms with van der Waals surface area (Å²) in [6.07, 6.45) is 2.58. The lowest BCUT2D eigenvalue weighted by molar-refractivity contribution is -0.168. The lowest BCUT2D eigenvalue weighted by atomic mass is 10.0. The van der Waals surface area contributed by atoms with Crippen molar-refractivity contribution in [3.05, 3.63) is 72.3 Å². The molecule has 0 spiro atoms. The van der Waals surface area contributed by atoms with E-state index < -0.39 is 12.0 Å². The summed E-state index contributed by atoms with van der Waals surface area (Å²) < 4.78 is 34.4. The van der Waals surface area contributed by atoms with Crippen LogP contribution in [0.1, 0.15) is 24.5 Å². The van der Waals surface area contributed by atoms with Gasteiger partial charge in [-0.2, -0.15) is 13.2 Å². The Morgan fingerprint density at radius 3 is 2.42 bits per heavy atom. The SMILES string of the molecule is CC(=O)C(F)(F)F.Cc1ccc2c(c1)CCCN2C(=O)SCC(=O)Nc1ccc(-n2ccnc2)cc1. The molecule has 1 aliphatic heterocycles. The van der Waals surface area contributed by atoms with Crippen LogP contribution in [0.2, 0.25) is 0 Å². The molecule has 1 N–H and O–H groups in total. The van der Waals surface area contributed by atoms with E-state index in [-0.39, 0.29) is 16.9 Å². The quantitative estimate of drug-likeness (QED) is 0.489. The molecule has 2 aromatic carbocycles. The summed E-state index contributed by atoms with van der Waals surface area (Å²) in [7, 11) is 0. The first-order valence-corrected chi connectivity index (χ1v) is 12.0. The average Bonchev–Trinajstić information content (AvgIpc) is 3.37. The highest BCUT2D eigenvalue weighted by Crippen LogP contribution is 2.30. The number of Topliss-reactive ketones (excluding diaryl/α,β-unsaturated/α-hetero) is 1. The van der Waals surface area contributed by atoms with Gasteiger partial charge in [-0.25, -0.2) is 4.98 Å². The van der Waals surface area contributed by atoms with Crippen molar-refractivity contribution in [2.45, 2.75) is 32.9 Å². The van der Waals surface area contributed by atoms with Crippen LogP contribution in [-0.4, -0.2) is 45.0 Å². The number of hydrogen-bond acceptors (Lipinski definition) is 5. The number of anilines is 2. The Labute approximate surface area is 210 Å². The first kappa shape index (κ1) is 27.0. The maximum atomic E-state index is 12.7. The molecule has 0 radical (unpaired) electrons. The molecule has 0 unspecified atom stereocenters. The summed E-state index contributed by atoms with van der Waals surface area (Å²) in [5, 5.41) is 2.76. The third kappa shape index (κ3) is 7.45. The standard InChI is InChI=1S/C22H22N4O2S.C3H3F3O/c1-16-4-9-20-17(13-16)3-2-11-26(20)22(28)29-14-21(27)24-18-5-7-19(8-6-18)25-12-10-23-15-25;1-2(7)3(4,5)6/h4-10,12-13,15H,2-3,11,14H2,1H3,(H,24,27);1H3. The van der Waals surface area contributed by atoms with Crippen molar-refractivity contribution in [3.63, 3.8) is 0 Å². The van der Waals surface area contributed by atoms with Crippen LogP contribution in [0, 0.1) is 6.92 Å². The molecule has 0 saturated heterocycles. The van der Waals surface area contributed by atoms with Crippen LogP contribution in [0.15, 0.2) is 61.2 Å². The van der Waals surface area contributed by atoms with E-state index in [1.807, 2.05) is 47.2 Å². The van der Waals surface area contributed by atoms with Gasteiger partial charge in [0.25, 0.3) is 5.24 Å². The number of carbonyl (C=O) groups excluding carboxylic acids is 3. The lowest BCUT2D eigenvalue weighted by Crippen LogP contribution is -2.33. The van der Waals surface area contributed by atoms with E-state index >= 15 is 0 Å². The summed E-state index contributed by atoms with van der Waals surface area (Å²) in [5.41, 5.74) is 5.03. The van der Waals surface area contributed by atoms with Crippen molar-refractivity contribution >= 4 is 40.1 Å². The van der Waals surface area contributed by atoms with Gasteiger partial charge in [0, 0.05) is 42.9 Å². The van der Waals surface area contributed by atoms with Gasteiger partial charge in [0.2, 0.25) is 11.7 Å². The number of halogens is 3. The second kappa shape index (κ2) is 11.9. The summed E-state index contributed by atoms with van der Waals surface area (Å²) in [4.78, 5) is 40.1. The van der Waals surface area contributed by atoms with E-state index in [0.717, 1.165) is 36.0 Å². The number of imidazole rings is 1. The van der Waals surface area contributed by atoms with Crippen molar-refractivity contribution in [1.29, 1.82) is 0 Å². The maximum Gasteiger partial charge on any atom is 0.449 e. The number of rotatable bonds is 4. The minimum Gasteiger partial charge on any atom is -0.325 e. The predicted molar refractivity (Wildman–Crippen MR) is 134 cm³/mol. The lowest BCUT2D eigenvalue weighted by Gasteiger charge is -2.29. The topological polar surface area (TPSA) is 84.3 Å². The van der Waals surface area contributed by atoms with Crippen molar-refractivity contribution in [3.8, 4) is 5.69 Å². The van der Waals surface area contributed by atoms with Crippen LogP contribution in [0.4, 0.5) is 29.3 Å². The molecule has 2 heterocycles. The number of thioether (sulfide) groups is 1. The van der Waals surface area contributed by atoms with E-state index in [1.54, 1.807) is 17.4 Å². The molecule has 1 aromatic heterocycles. The monoisotopic (exact) mass is 518 g/mol. The fourth-order valence-electron chi connectivity index (χ4n) is 3.45. The molecular weight excluding hydrogens is 493 g/mol. The number of hydrogen-bond donors (Lipinski definition) is 1. The highest BCUT2D eigenvalue weighted by Gasteiger charge is 2.33. The summed E-state index contributed by atoms with van der Waals surface area (Å²) >= 11 is 1.04. The zero-order valence-electron chi connectivity index (χ0n) is 19.7. The van der Waals surface area contributed by atoms with Gasteiger partial charge >= 0.3 is 6.18 Å². The number of nitrogens with zero attached hydrogens (tertiary/aromatic N) is 3. The second-order valence-corrected chi connectivity index (χ2v) is 8.99. The normalized spacial score (nSPS) is 12.8. The van der Waals surface area contributed by atoms with Gasteiger partial charge in [-0.3, -0.25) is 14.4 Å². The number of carbonyl (C=O) groups is 3. The molecule has 2 amide bonds. The molecule has 190 valence electrons. The number of nitrogens with one attached hydrogen (secondary N) is 1. The van der Waals surface area contributed by atoms with Crippen LogP contribution in [-0.2, 0) is 16.0 Å². The molecule has 0 fully saturated rings. The van der Waals surface area contributed by atoms with Crippen molar-refractivity contribution < 1.29 is 27.6 Å². The van der Waals surface area contributed by atoms with E-state index in [0.29, 0.717) is 19.2 Å². The average molecular weight is 519 g/mol. The molecule has 3 aromatic rings. The molecular formula is C25H25F3N4O3S. The zero-order chi connectivity index (χ0) is 26.3. The molecule has 0 aliphatic carbocycles. The predicted octanol–water partition coefficient (Wildman–Crippen LogP) is 5.56. The summed E-state index contributed by atoms with van der Waals surface area (Å²) in [6.45, 7) is 3.24. The molecule has 0 atom stereocenters. The summed E-state index contributed by atoms with van der Waals surface area (Å²) in [6, 6.07) is 13.6. The highest BCUT2D eigenvalue weighted by molar-refractivity contribution is 8.14. The third-order valence-electron chi connectivity index (χ3n) is 5.25. The van der Waals surface area contributed by atoms with Crippen molar-refractivity contribution in [2.24, 2.45) is 0 Å². The molecule has 4 rings (SSSR count). The number of alkyl halides is 3. The minimum atomic E-state index is -4.64. The van der Waals surface area contributed by atoms with Gasteiger partial charge < -0.3 is 14.8 Å². The van der Waals surface area contributed by atoms with Crippen LogP contribution < -0.4 is 10.2 Å². The molecule has 0 saturated carbocycles. The van der Waals surface area contributed by atoms with Gasteiger partial charge in [-0.05, 0) is 55.7 Å². The van der Waals surface area contributed by atoms with Crippen LogP contribution in [0.3, 0.4) is 0 Å². The van der Waals surface area contributed by atoms with Crippen LogP contribution >= 0.6 is 11.8 Å². The molecule has 1 aliphatic rings. The van der Waals surface area contributed by atoms with Gasteiger partial charge in [0.1, 0.15) is 0 Å². The molecule has 36 heavy (non-hydrogen) atoms. The Balaban J connectivity index is 0.000000454. The van der Waals surface area contributed by atoms with Gasteiger partial charge in [0.05, 0.1) is 12.1 Å². The number of aromatic nitrogens is 2. The third-order valence-corrected chi connectivity index (χ3v) is 6.13. The minimum absolute atomic E-state index is 0.0830. The van der Waals surface area contributed by atoms with E-state index in [1.165, 1.54) is 11.1 Å².